The second-order valence-corrected chi connectivity index (χ2v) is 3.37. The van der Waals surface area contributed by atoms with E-state index in [-0.39, 0.29) is 11.3 Å². The average Bonchev–Trinajstić information content (AvgIpc) is 2.26. The van der Waals surface area contributed by atoms with Gasteiger partial charge in [-0.2, -0.15) is 0 Å². The van der Waals surface area contributed by atoms with E-state index in [9.17, 15) is 25.1 Å². The van der Waals surface area contributed by atoms with Gasteiger partial charge in [-0.1, -0.05) is 0 Å². The number of aliphatic hydroxyl groups excluding tert-OH is 2. The minimum atomic E-state index is -1.93. The minimum Gasteiger partial charge on any atom is -0.399 e. The molecule has 2 atom stereocenters. The molecule has 0 heterocycles. The molecular weight excluding hydrogens is 230 g/mol. The number of amides is 1. The standard InChI is InChI=1S/C9H11N3O5/c10-4-1-2-6(12(16)17)5(3-4)7(13)8(14)9(11)15/h1-3,7-8,13-14H,10H2,(H2,11,15). The normalized spacial score (nSPS) is 14.0. The molecule has 0 bridgehead atoms. The largest absolute Gasteiger partial charge is 0.399 e. The van der Waals surface area contributed by atoms with Crippen LogP contribution in [0, 0.1) is 10.1 Å². The first-order chi connectivity index (χ1) is 7.84. The van der Waals surface area contributed by atoms with Crippen molar-refractivity contribution >= 4 is 17.3 Å². The second-order valence-electron chi connectivity index (χ2n) is 3.37. The van der Waals surface area contributed by atoms with Crippen LogP contribution in [0.25, 0.3) is 0 Å². The van der Waals surface area contributed by atoms with Gasteiger partial charge in [-0.05, 0) is 12.1 Å². The Morgan fingerprint density at radius 3 is 2.47 bits per heavy atom. The number of benzene rings is 1. The van der Waals surface area contributed by atoms with E-state index in [1.165, 1.54) is 6.07 Å². The van der Waals surface area contributed by atoms with Gasteiger partial charge in [0, 0.05) is 11.8 Å². The Hall–Kier alpha value is -2.19. The average molecular weight is 241 g/mol. The number of nitrogens with zero attached hydrogens (tertiary/aromatic N) is 1. The Labute approximate surface area is 95.6 Å². The molecule has 0 aliphatic rings. The van der Waals surface area contributed by atoms with Crippen molar-refractivity contribution in [3.05, 3.63) is 33.9 Å². The minimum absolute atomic E-state index is 0.154. The molecule has 0 aliphatic carbocycles. The molecule has 0 radical (unpaired) electrons. The van der Waals surface area contributed by atoms with E-state index in [0.717, 1.165) is 12.1 Å². The first-order valence-electron chi connectivity index (χ1n) is 4.54. The highest BCUT2D eigenvalue weighted by Crippen LogP contribution is 2.29. The number of carbonyl (C=O) groups is 1. The smallest absolute Gasteiger partial charge is 0.275 e. The monoisotopic (exact) mass is 241 g/mol. The van der Waals surface area contributed by atoms with E-state index < -0.39 is 28.7 Å². The van der Waals surface area contributed by atoms with Crippen LogP contribution in [0.3, 0.4) is 0 Å². The van der Waals surface area contributed by atoms with Crippen LogP contribution < -0.4 is 11.5 Å². The van der Waals surface area contributed by atoms with Gasteiger partial charge in [-0.15, -0.1) is 0 Å². The zero-order chi connectivity index (χ0) is 13.2. The first kappa shape index (κ1) is 12.9. The van der Waals surface area contributed by atoms with Crippen molar-refractivity contribution in [3.8, 4) is 0 Å². The maximum atomic E-state index is 10.7. The van der Waals surface area contributed by atoms with Crippen LogP contribution in [0.5, 0.6) is 0 Å². The Kier molecular flexibility index (Phi) is 3.61. The van der Waals surface area contributed by atoms with Gasteiger partial charge in [0.1, 0.15) is 6.10 Å². The van der Waals surface area contributed by atoms with Crippen LogP contribution in [0.15, 0.2) is 18.2 Å². The molecule has 0 fully saturated rings. The summed E-state index contributed by atoms with van der Waals surface area (Å²) in [5, 5.41) is 29.5. The molecular formula is C9H11N3O5. The zero-order valence-electron chi connectivity index (χ0n) is 8.61. The van der Waals surface area contributed by atoms with Crippen molar-refractivity contribution in [1.82, 2.24) is 0 Å². The number of hydrogen-bond donors (Lipinski definition) is 4. The molecule has 0 aliphatic heterocycles. The number of nitrogen functional groups attached to an aromatic ring is 1. The van der Waals surface area contributed by atoms with Crippen molar-refractivity contribution < 1.29 is 19.9 Å². The maximum Gasteiger partial charge on any atom is 0.275 e. The van der Waals surface area contributed by atoms with E-state index in [2.05, 4.69) is 0 Å². The summed E-state index contributed by atoms with van der Waals surface area (Å²) in [4.78, 5) is 20.6. The molecule has 1 amide bonds. The topological polar surface area (TPSA) is 153 Å². The van der Waals surface area contributed by atoms with Gasteiger partial charge in [0.25, 0.3) is 5.69 Å². The highest BCUT2D eigenvalue weighted by atomic mass is 16.6. The van der Waals surface area contributed by atoms with Crippen LogP contribution in [0.2, 0.25) is 0 Å². The molecule has 8 heteroatoms. The number of nitro benzene ring substituents is 1. The summed E-state index contributed by atoms with van der Waals surface area (Å²) >= 11 is 0. The lowest BCUT2D eigenvalue weighted by atomic mass is 10.0. The lowest BCUT2D eigenvalue weighted by molar-refractivity contribution is -0.386. The van der Waals surface area contributed by atoms with E-state index in [1.54, 1.807) is 0 Å². The zero-order valence-corrected chi connectivity index (χ0v) is 8.61. The number of nitrogens with two attached hydrogens (primary N) is 2. The molecule has 6 N–H and O–H groups in total. The summed E-state index contributed by atoms with van der Waals surface area (Å²) in [5.41, 5.74) is 9.64. The predicted octanol–water partition coefficient (Wildman–Crippen LogP) is -0.943. The molecule has 2 unspecified atom stereocenters. The van der Waals surface area contributed by atoms with E-state index in [1.807, 2.05) is 0 Å². The molecule has 17 heavy (non-hydrogen) atoms. The highest BCUT2D eigenvalue weighted by Gasteiger charge is 2.29. The van der Waals surface area contributed by atoms with Gasteiger partial charge in [0.2, 0.25) is 5.91 Å². The van der Waals surface area contributed by atoms with Crippen molar-refractivity contribution in [2.75, 3.05) is 5.73 Å². The number of aliphatic hydroxyl groups is 2. The molecule has 0 aromatic heterocycles. The van der Waals surface area contributed by atoms with Gasteiger partial charge in [-0.3, -0.25) is 14.9 Å². The third-order valence-electron chi connectivity index (χ3n) is 2.16. The quantitative estimate of drug-likeness (QED) is 0.303. The fourth-order valence-corrected chi connectivity index (χ4v) is 1.30. The molecule has 8 nitrogen and oxygen atoms in total. The van der Waals surface area contributed by atoms with Crippen LogP contribution in [-0.4, -0.2) is 27.1 Å². The van der Waals surface area contributed by atoms with Crippen LogP contribution in [0.4, 0.5) is 11.4 Å². The van der Waals surface area contributed by atoms with Gasteiger partial charge in [0.05, 0.1) is 10.5 Å². The number of carbonyl (C=O) groups excluding carboxylic acids is 1. The first-order valence-corrected chi connectivity index (χ1v) is 4.54. The number of nitro groups is 1. The Bertz CT molecular complexity index is 462. The summed E-state index contributed by atoms with van der Waals surface area (Å²) < 4.78 is 0. The number of anilines is 1. The van der Waals surface area contributed by atoms with E-state index >= 15 is 0 Å². The maximum absolute atomic E-state index is 10.7. The van der Waals surface area contributed by atoms with E-state index in [0.29, 0.717) is 0 Å². The molecule has 1 aromatic rings. The molecule has 92 valence electrons. The van der Waals surface area contributed by atoms with Gasteiger partial charge in [-0.25, -0.2) is 0 Å². The predicted molar refractivity (Wildman–Crippen MR) is 57.7 cm³/mol. The summed E-state index contributed by atoms with van der Waals surface area (Å²) in [5.74, 6) is -1.19. The lowest BCUT2D eigenvalue weighted by Gasteiger charge is -2.15. The van der Waals surface area contributed by atoms with Crippen molar-refractivity contribution in [2.45, 2.75) is 12.2 Å². The van der Waals surface area contributed by atoms with Crippen molar-refractivity contribution in [2.24, 2.45) is 5.73 Å². The number of primary amides is 1. The molecule has 1 aromatic carbocycles. The summed E-state index contributed by atoms with van der Waals surface area (Å²) in [7, 11) is 0. The third-order valence-corrected chi connectivity index (χ3v) is 2.16. The van der Waals surface area contributed by atoms with Gasteiger partial charge >= 0.3 is 0 Å². The van der Waals surface area contributed by atoms with Gasteiger partial charge in [0.15, 0.2) is 6.10 Å². The van der Waals surface area contributed by atoms with Crippen LogP contribution in [-0.2, 0) is 4.79 Å². The van der Waals surface area contributed by atoms with Crippen LogP contribution in [0.1, 0.15) is 11.7 Å². The molecule has 1 rings (SSSR count). The fourth-order valence-electron chi connectivity index (χ4n) is 1.30. The Morgan fingerprint density at radius 2 is 2.00 bits per heavy atom. The number of rotatable bonds is 4. The SMILES string of the molecule is NC(=O)C(O)C(O)c1cc(N)ccc1[N+](=O)[O-]. The van der Waals surface area contributed by atoms with E-state index in [4.69, 9.17) is 11.5 Å². The van der Waals surface area contributed by atoms with Crippen LogP contribution >= 0.6 is 0 Å². The fraction of sp³-hybridized carbons (Fsp3) is 0.222. The molecule has 0 saturated heterocycles. The summed E-state index contributed by atoms with van der Waals surface area (Å²) in [6.07, 6.45) is -3.73. The second kappa shape index (κ2) is 4.76. The molecule has 0 spiro atoms. The van der Waals surface area contributed by atoms with Crippen molar-refractivity contribution in [1.29, 1.82) is 0 Å². The Morgan fingerprint density at radius 1 is 1.41 bits per heavy atom. The lowest BCUT2D eigenvalue weighted by Crippen LogP contribution is -2.34. The Balaban J connectivity index is 3.23. The molecule has 0 saturated carbocycles. The number of hydrogen-bond acceptors (Lipinski definition) is 6. The van der Waals surface area contributed by atoms with Crippen molar-refractivity contribution in [3.63, 3.8) is 0 Å². The third kappa shape index (κ3) is 2.68. The van der Waals surface area contributed by atoms with Gasteiger partial charge < -0.3 is 21.7 Å². The summed E-state index contributed by atoms with van der Waals surface area (Å²) in [6.45, 7) is 0. The highest BCUT2D eigenvalue weighted by molar-refractivity contribution is 5.79. The summed E-state index contributed by atoms with van der Waals surface area (Å²) in [6, 6.07) is 3.45.